The third-order valence-electron chi connectivity index (χ3n) is 3.18. The highest BCUT2D eigenvalue weighted by molar-refractivity contribution is 6.34. The fraction of sp³-hybridized carbons (Fsp3) is 0.0588. The smallest absolute Gasteiger partial charge is 0.267 e. The summed E-state index contributed by atoms with van der Waals surface area (Å²) in [6.45, 7) is 1.88. The van der Waals surface area contributed by atoms with Gasteiger partial charge in [-0.15, -0.1) is 0 Å². The zero-order valence-electron chi connectivity index (χ0n) is 12.7. The van der Waals surface area contributed by atoms with Crippen molar-refractivity contribution in [3.63, 3.8) is 0 Å². The molecule has 0 bridgehead atoms. The summed E-state index contributed by atoms with van der Waals surface area (Å²) in [5.41, 5.74) is 7.97. The number of hydrogen-bond donors (Lipinski definition) is 3. The number of nitrogen functional groups attached to an aromatic ring is 1. The minimum Gasteiger partial charge on any atom is -0.399 e. The average molecular weight is 361 g/mol. The van der Waals surface area contributed by atoms with Crippen molar-refractivity contribution in [3.05, 3.63) is 63.8 Å². The number of carbonyl (C=O) groups excluding carboxylic acids is 1. The summed E-state index contributed by atoms with van der Waals surface area (Å²) in [6, 6.07) is 11.8. The lowest BCUT2D eigenvalue weighted by Crippen LogP contribution is -2.15. The molecule has 0 radical (unpaired) electrons. The molecule has 2 rings (SSSR count). The van der Waals surface area contributed by atoms with Gasteiger partial charge in [0.05, 0.1) is 10.7 Å². The Kier molecular flexibility index (Phi) is 5.69. The number of halogens is 2. The van der Waals surface area contributed by atoms with Gasteiger partial charge in [-0.25, -0.2) is 0 Å². The number of aryl methyl sites for hydroxylation is 1. The van der Waals surface area contributed by atoms with E-state index in [-0.39, 0.29) is 5.57 Å². The summed E-state index contributed by atoms with van der Waals surface area (Å²) in [5.74, 6) is -0.587. The first-order valence-electron chi connectivity index (χ1n) is 6.90. The zero-order valence-corrected chi connectivity index (χ0v) is 14.2. The number of nitrogens with one attached hydrogen (secondary N) is 2. The number of anilines is 3. The molecule has 0 unspecified atom stereocenters. The van der Waals surface area contributed by atoms with E-state index in [1.807, 2.05) is 19.1 Å². The second-order valence-electron chi connectivity index (χ2n) is 4.97. The summed E-state index contributed by atoms with van der Waals surface area (Å²) in [7, 11) is 0. The van der Waals surface area contributed by atoms with Crippen molar-refractivity contribution in [2.24, 2.45) is 0 Å². The van der Waals surface area contributed by atoms with E-state index in [1.54, 1.807) is 24.3 Å². The molecule has 1 amide bonds. The Bertz CT molecular complexity index is 856. The van der Waals surface area contributed by atoms with Crippen LogP contribution in [-0.2, 0) is 4.79 Å². The Balaban J connectivity index is 2.16. The Morgan fingerprint density at radius 2 is 1.96 bits per heavy atom. The molecule has 0 atom stereocenters. The van der Waals surface area contributed by atoms with E-state index in [0.717, 1.165) is 5.56 Å². The second kappa shape index (κ2) is 7.73. The van der Waals surface area contributed by atoms with Crippen LogP contribution in [0.1, 0.15) is 5.56 Å². The maximum absolute atomic E-state index is 12.2. The number of nitriles is 1. The van der Waals surface area contributed by atoms with E-state index in [1.165, 1.54) is 12.3 Å². The first-order chi connectivity index (χ1) is 11.4. The molecule has 2 aromatic carbocycles. The average Bonchev–Trinajstić information content (AvgIpc) is 2.54. The molecule has 0 aliphatic rings. The third kappa shape index (κ3) is 4.42. The minimum absolute atomic E-state index is 0.109. The Labute approximate surface area is 149 Å². The lowest BCUT2D eigenvalue weighted by atomic mass is 10.2. The molecular weight excluding hydrogens is 347 g/mol. The fourth-order valence-electron chi connectivity index (χ4n) is 1.87. The highest BCUT2D eigenvalue weighted by atomic mass is 35.5. The number of amides is 1. The summed E-state index contributed by atoms with van der Waals surface area (Å²) in [4.78, 5) is 12.2. The molecule has 0 saturated carbocycles. The van der Waals surface area contributed by atoms with E-state index in [4.69, 9.17) is 28.9 Å². The highest BCUT2D eigenvalue weighted by Gasteiger charge is 2.11. The van der Waals surface area contributed by atoms with E-state index in [2.05, 4.69) is 10.6 Å². The number of nitrogens with zero attached hydrogens (tertiary/aromatic N) is 1. The molecular formula is C17H14Cl2N4O. The van der Waals surface area contributed by atoms with Gasteiger partial charge in [0.2, 0.25) is 0 Å². The van der Waals surface area contributed by atoms with Crippen molar-refractivity contribution < 1.29 is 4.79 Å². The maximum atomic E-state index is 12.2. The van der Waals surface area contributed by atoms with Crippen LogP contribution in [0.5, 0.6) is 0 Å². The van der Waals surface area contributed by atoms with E-state index < -0.39 is 5.91 Å². The van der Waals surface area contributed by atoms with Gasteiger partial charge in [-0.1, -0.05) is 29.3 Å². The molecule has 5 nitrogen and oxygen atoms in total. The molecule has 2 aromatic rings. The Hall–Kier alpha value is -2.68. The molecule has 0 aromatic heterocycles. The monoisotopic (exact) mass is 360 g/mol. The molecule has 7 heteroatoms. The molecule has 24 heavy (non-hydrogen) atoms. The molecule has 4 N–H and O–H groups in total. The molecule has 122 valence electrons. The topological polar surface area (TPSA) is 90.9 Å². The number of benzene rings is 2. The van der Waals surface area contributed by atoms with Gasteiger partial charge in [-0.3, -0.25) is 4.79 Å². The van der Waals surface area contributed by atoms with E-state index >= 15 is 0 Å². The number of hydrogen-bond acceptors (Lipinski definition) is 4. The van der Waals surface area contributed by atoms with Crippen LogP contribution in [0, 0.1) is 18.3 Å². The van der Waals surface area contributed by atoms with Crippen LogP contribution in [0.25, 0.3) is 0 Å². The predicted octanol–water partition coefficient (Wildman–Crippen LogP) is 4.34. The van der Waals surface area contributed by atoms with Crippen LogP contribution >= 0.6 is 23.2 Å². The minimum atomic E-state index is -0.587. The van der Waals surface area contributed by atoms with E-state index in [9.17, 15) is 10.1 Å². The van der Waals surface area contributed by atoms with Crippen LogP contribution in [0.2, 0.25) is 10.0 Å². The molecule has 0 aliphatic carbocycles. The van der Waals surface area contributed by atoms with Crippen molar-refractivity contribution in [3.8, 4) is 6.07 Å². The van der Waals surface area contributed by atoms with Gasteiger partial charge in [-0.2, -0.15) is 5.26 Å². The van der Waals surface area contributed by atoms with Gasteiger partial charge in [0.1, 0.15) is 11.6 Å². The molecule has 0 saturated heterocycles. The van der Waals surface area contributed by atoms with Crippen LogP contribution in [0.15, 0.2) is 48.2 Å². The van der Waals surface area contributed by atoms with Crippen molar-refractivity contribution in [1.29, 1.82) is 5.26 Å². The number of rotatable bonds is 4. The first-order valence-corrected chi connectivity index (χ1v) is 7.65. The van der Waals surface area contributed by atoms with Gasteiger partial charge in [-0.05, 0) is 42.8 Å². The SMILES string of the molecule is Cc1ccc(Cl)cc1N/C=C(/C#N)C(=O)Nc1ccc(N)cc1Cl. The highest BCUT2D eigenvalue weighted by Crippen LogP contribution is 2.24. The van der Waals surface area contributed by atoms with Crippen molar-refractivity contribution in [1.82, 2.24) is 0 Å². The van der Waals surface area contributed by atoms with Crippen LogP contribution in [0.4, 0.5) is 17.1 Å². The van der Waals surface area contributed by atoms with Crippen LogP contribution < -0.4 is 16.4 Å². The summed E-state index contributed by atoms with van der Waals surface area (Å²) in [5, 5.41) is 15.5. The van der Waals surface area contributed by atoms with Crippen molar-refractivity contribution >= 4 is 46.2 Å². The first kappa shape index (κ1) is 17.7. The van der Waals surface area contributed by atoms with Gasteiger partial charge in [0.15, 0.2) is 0 Å². The predicted molar refractivity (Wildman–Crippen MR) is 98.0 cm³/mol. The Morgan fingerprint density at radius 1 is 1.21 bits per heavy atom. The molecule has 0 fully saturated rings. The number of carbonyl (C=O) groups is 1. The van der Waals surface area contributed by atoms with E-state index in [0.29, 0.717) is 27.1 Å². The number of nitrogens with two attached hydrogens (primary N) is 1. The van der Waals surface area contributed by atoms with Crippen LogP contribution in [-0.4, -0.2) is 5.91 Å². The lowest BCUT2D eigenvalue weighted by molar-refractivity contribution is -0.112. The standard InChI is InChI=1S/C17H14Cl2N4O/c1-10-2-3-12(18)6-16(10)22-9-11(8-20)17(24)23-15-5-4-13(21)7-14(15)19/h2-7,9,22H,21H2,1H3,(H,23,24)/b11-9-. The largest absolute Gasteiger partial charge is 0.399 e. The van der Waals surface area contributed by atoms with Crippen molar-refractivity contribution in [2.45, 2.75) is 6.92 Å². The lowest BCUT2D eigenvalue weighted by Gasteiger charge is -2.09. The third-order valence-corrected chi connectivity index (χ3v) is 3.73. The van der Waals surface area contributed by atoms with Gasteiger partial charge >= 0.3 is 0 Å². The Morgan fingerprint density at radius 3 is 2.62 bits per heavy atom. The summed E-state index contributed by atoms with van der Waals surface area (Å²) >= 11 is 11.9. The van der Waals surface area contributed by atoms with Gasteiger partial charge < -0.3 is 16.4 Å². The molecule has 0 spiro atoms. The quantitative estimate of drug-likeness (QED) is 0.429. The molecule has 0 aliphatic heterocycles. The van der Waals surface area contributed by atoms with Crippen LogP contribution in [0.3, 0.4) is 0 Å². The molecule has 0 heterocycles. The van der Waals surface area contributed by atoms with Gasteiger partial charge in [0, 0.05) is 22.6 Å². The summed E-state index contributed by atoms with van der Waals surface area (Å²) in [6.07, 6.45) is 1.32. The van der Waals surface area contributed by atoms with Gasteiger partial charge in [0.25, 0.3) is 5.91 Å². The zero-order chi connectivity index (χ0) is 17.7. The fourth-order valence-corrected chi connectivity index (χ4v) is 2.28. The summed E-state index contributed by atoms with van der Waals surface area (Å²) < 4.78 is 0. The maximum Gasteiger partial charge on any atom is 0.267 e. The normalized spacial score (nSPS) is 10.8. The van der Waals surface area contributed by atoms with Crippen molar-refractivity contribution in [2.75, 3.05) is 16.4 Å². The second-order valence-corrected chi connectivity index (χ2v) is 5.81.